The van der Waals surface area contributed by atoms with Crippen molar-refractivity contribution >= 4 is 41.2 Å². The highest BCUT2D eigenvalue weighted by atomic mass is 35.5. The van der Waals surface area contributed by atoms with E-state index < -0.39 is 53.3 Å². The Kier molecular flexibility index (Phi) is 11.9. The summed E-state index contributed by atoms with van der Waals surface area (Å²) < 4.78 is 16.7. The number of hydrogen-bond acceptors (Lipinski definition) is 10. The minimum atomic E-state index is -1.58. The second-order valence-electron chi connectivity index (χ2n) is 11.4. The molecule has 248 valence electrons. The Balaban J connectivity index is 1.75. The number of carbonyl (C=O) groups excluding carboxylic acids is 4. The van der Waals surface area contributed by atoms with E-state index in [0.29, 0.717) is 16.1 Å². The Morgan fingerprint density at radius 1 is 1.06 bits per heavy atom. The number of pyridine rings is 1. The molecule has 13 nitrogen and oxygen atoms in total. The van der Waals surface area contributed by atoms with Gasteiger partial charge in [-0.15, -0.1) is 0 Å². The number of nitrogens with zero attached hydrogens (tertiary/aromatic N) is 2. The fourth-order valence-electron chi connectivity index (χ4n) is 4.43. The number of nitrogens with one attached hydrogen (secondary N) is 2. The SMILES string of the molecule is CCC(C(=O)Nc1ccc(C(=O)OC(=O)[C@@H](NC(=O)OC(C)(C)C)[C@@H](C)O)cc1)n1cc(OC)c(-c2cc(Cl)ccc2C#N)cc1=O. The smallest absolute Gasteiger partial charge is 0.408 e. The van der Waals surface area contributed by atoms with E-state index in [9.17, 15) is 34.3 Å². The van der Waals surface area contributed by atoms with Crippen LogP contribution in [0.15, 0.2) is 59.5 Å². The average Bonchev–Trinajstić information content (AvgIpc) is 3.00. The molecule has 47 heavy (non-hydrogen) atoms. The third-order valence-electron chi connectivity index (χ3n) is 6.67. The van der Waals surface area contributed by atoms with Crippen LogP contribution in [0.1, 0.15) is 63.0 Å². The predicted octanol–water partition coefficient (Wildman–Crippen LogP) is 4.60. The molecule has 2 amide bonds. The molecule has 0 aliphatic heterocycles. The highest BCUT2D eigenvalue weighted by Gasteiger charge is 2.31. The largest absolute Gasteiger partial charge is 0.495 e. The van der Waals surface area contributed by atoms with Crippen LogP contribution in [0.25, 0.3) is 11.1 Å². The number of methoxy groups -OCH3 is 1. The molecular formula is C33H35ClN4O9. The maximum absolute atomic E-state index is 13.3. The van der Waals surface area contributed by atoms with Gasteiger partial charge >= 0.3 is 18.0 Å². The summed E-state index contributed by atoms with van der Waals surface area (Å²) in [5, 5.41) is 24.7. The quantitative estimate of drug-likeness (QED) is 0.204. The highest BCUT2D eigenvalue weighted by molar-refractivity contribution is 6.31. The van der Waals surface area contributed by atoms with Gasteiger partial charge in [-0.2, -0.15) is 5.26 Å². The van der Waals surface area contributed by atoms with Gasteiger partial charge in [0.25, 0.3) is 5.56 Å². The number of hydrogen-bond donors (Lipinski definition) is 3. The van der Waals surface area contributed by atoms with Crippen LogP contribution < -0.4 is 20.9 Å². The van der Waals surface area contributed by atoms with Gasteiger partial charge in [-0.05, 0) is 76.6 Å². The number of benzene rings is 2. The fourth-order valence-corrected chi connectivity index (χ4v) is 4.60. The van der Waals surface area contributed by atoms with Crippen LogP contribution in [0.3, 0.4) is 0 Å². The lowest BCUT2D eigenvalue weighted by atomic mass is 10.00. The van der Waals surface area contributed by atoms with Gasteiger partial charge in [0, 0.05) is 27.9 Å². The average molecular weight is 667 g/mol. The number of anilines is 1. The molecule has 14 heteroatoms. The van der Waals surface area contributed by atoms with Gasteiger partial charge in [-0.3, -0.25) is 14.2 Å². The first kappa shape index (κ1) is 36.3. The summed E-state index contributed by atoms with van der Waals surface area (Å²) in [7, 11) is 1.40. The molecule has 0 saturated carbocycles. The third kappa shape index (κ3) is 9.41. The number of carbonyl (C=O) groups is 4. The standard InChI is InChI=1S/C33H35ClN4O9/c1-7-25(38-17-26(45-6)24(15-27(38)40)23-14-21(34)11-8-20(23)16-35)29(41)36-22-12-9-19(10-13-22)30(42)46-31(43)28(18(2)39)37-32(44)47-33(3,4)5/h8-15,17-18,25,28,39H,7H2,1-6H3,(H,36,41)(H,37,44)/t18-,25?,28+/m1/s1. The second kappa shape index (κ2) is 15.4. The maximum atomic E-state index is 13.3. The number of esters is 2. The normalized spacial score (nSPS) is 12.9. The molecule has 3 N–H and O–H groups in total. The van der Waals surface area contributed by atoms with E-state index in [1.54, 1.807) is 39.8 Å². The van der Waals surface area contributed by atoms with E-state index in [-0.39, 0.29) is 29.0 Å². The number of rotatable bonds is 10. The lowest BCUT2D eigenvalue weighted by Crippen LogP contribution is -2.50. The highest BCUT2D eigenvalue weighted by Crippen LogP contribution is 2.33. The van der Waals surface area contributed by atoms with Gasteiger partial charge in [-0.1, -0.05) is 18.5 Å². The maximum Gasteiger partial charge on any atom is 0.408 e. The van der Waals surface area contributed by atoms with Crippen molar-refractivity contribution in [1.29, 1.82) is 5.26 Å². The molecule has 0 fully saturated rings. The van der Waals surface area contributed by atoms with Crippen molar-refractivity contribution in [3.63, 3.8) is 0 Å². The minimum absolute atomic E-state index is 0.0562. The van der Waals surface area contributed by atoms with Crippen LogP contribution >= 0.6 is 11.6 Å². The van der Waals surface area contributed by atoms with Crippen LogP contribution in [0, 0.1) is 11.3 Å². The molecule has 1 heterocycles. The molecule has 0 spiro atoms. The molecule has 1 unspecified atom stereocenters. The van der Waals surface area contributed by atoms with E-state index in [0.717, 1.165) is 0 Å². The number of aromatic nitrogens is 1. The Bertz CT molecular complexity index is 1760. The molecule has 0 saturated heterocycles. The first-order chi connectivity index (χ1) is 22.1. The molecular weight excluding hydrogens is 632 g/mol. The van der Waals surface area contributed by atoms with Crippen LogP contribution in [0.5, 0.6) is 5.75 Å². The van der Waals surface area contributed by atoms with Gasteiger partial charge in [-0.25, -0.2) is 14.4 Å². The third-order valence-corrected chi connectivity index (χ3v) is 6.91. The zero-order valence-corrected chi connectivity index (χ0v) is 27.4. The van der Waals surface area contributed by atoms with Crippen LogP contribution in [0.4, 0.5) is 10.5 Å². The molecule has 1 aromatic heterocycles. The molecule has 3 aromatic rings. The number of aliphatic hydroxyl groups is 1. The van der Waals surface area contributed by atoms with Gasteiger partial charge in [0.2, 0.25) is 5.91 Å². The zero-order valence-electron chi connectivity index (χ0n) is 26.6. The summed E-state index contributed by atoms with van der Waals surface area (Å²) >= 11 is 6.13. The lowest BCUT2D eigenvalue weighted by Gasteiger charge is -2.23. The van der Waals surface area contributed by atoms with Crippen LogP contribution in [-0.2, 0) is 19.1 Å². The van der Waals surface area contributed by atoms with E-state index in [1.165, 1.54) is 61.2 Å². The first-order valence-electron chi connectivity index (χ1n) is 14.4. The topological polar surface area (TPSA) is 186 Å². The zero-order chi connectivity index (χ0) is 35.1. The molecule has 3 rings (SSSR count). The number of amides is 2. The Hall–Kier alpha value is -5.19. The van der Waals surface area contributed by atoms with Gasteiger partial charge in [0.1, 0.15) is 17.4 Å². The molecule has 0 aliphatic carbocycles. The molecule has 0 bridgehead atoms. The van der Waals surface area contributed by atoms with Crippen molar-refractivity contribution in [2.45, 2.75) is 64.8 Å². The number of alkyl carbamates (subject to hydrolysis) is 1. The summed E-state index contributed by atoms with van der Waals surface area (Å²) in [6.45, 7) is 7.80. The van der Waals surface area contributed by atoms with E-state index in [4.69, 9.17) is 25.8 Å². The number of aliphatic hydroxyl groups excluding tert-OH is 1. The summed E-state index contributed by atoms with van der Waals surface area (Å²) in [6.07, 6.45) is -0.767. The first-order valence-corrected chi connectivity index (χ1v) is 14.8. The van der Waals surface area contributed by atoms with Gasteiger partial charge < -0.3 is 30.0 Å². The van der Waals surface area contributed by atoms with Crippen molar-refractivity contribution in [1.82, 2.24) is 9.88 Å². The lowest BCUT2D eigenvalue weighted by molar-refractivity contribution is -0.143. The number of nitriles is 1. The van der Waals surface area contributed by atoms with Crippen molar-refractivity contribution in [3.8, 4) is 22.9 Å². The molecule has 0 aliphatic rings. The summed E-state index contributed by atoms with van der Waals surface area (Å²) in [6, 6.07) is 10.8. The molecule has 3 atom stereocenters. The summed E-state index contributed by atoms with van der Waals surface area (Å²) in [5.74, 6) is -2.56. The Morgan fingerprint density at radius 3 is 2.28 bits per heavy atom. The number of halogens is 1. The van der Waals surface area contributed by atoms with E-state index in [1.807, 2.05) is 0 Å². The predicted molar refractivity (Wildman–Crippen MR) is 172 cm³/mol. The second-order valence-corrected chi connectivity index (χ2v) is 11.8. The Labute approximate surface area is 276 Å². The Morgan fingerprint density at radius 2 is 1.72 bits per heavy atom. The van der Waals surface area contributed by atoms with Crippen molar-refractivity contribution < 1.29 is 38.5 Å². The van der Waals surface area contributed by atoms with Crippen molar-refractivity contribution in [2.75, 3.05) is 12.4 Å². The van der Waals surface area contributed by atoms with Crippen LogP contribution in [0.2, 0.25) is 5.02 Å². The fraction of sp³-hybridized carbons (Fsp3) is 0.333. The van der Waals surface area contributed by atoms with E-state index >= 15 is 0 Å². The monoisotopic (exact) mass is 666 g/mol. The summed E-state index contributed by atoms with van der Waals surface area (Å²) in [4.78, 5) is 63.8. The van der Waals surface area contributed by atoms with Crippen LogP contribution in [-0.4, -0.2) is 58.5 Å². The van der Waals surface area contributed by atoms with E-state index in [2.05, 4.69) is 16.7 Å². The number of ether oxygens (including phenoxy) is 3. The van der Waals surface area contributed by atoms with Gasteiger partial charge in [0.15, 0.2) is 6.04 Å². The molecule has 0 radical (unpaired) electrons. The molecule has 2 aromatic carbocycles. The van der Waals surface area contributed by atoms with Crippen molar-refractivity contribution in [2.24, 2.45) is 0 Å². The van der Waals surface area contributed by atoms with Gasteiger partial charge in [0.05, 0.1) is 36.6 Å². The minimum Gasteiger partial charge on any atom is -0.495 e. The van der Waals surface area contributed by atoms with Crippen molar-refractivity contribution in [3.05, 3.63) is 81.2 Å². The summed E-state index contributed by atoms with van der Waals surface area (Å²) in [5.41, 5.74) is -0.143.